The lowest BCUT2D eigenvalue weighted by Gasteiger charge is -2.36. The van der Waals surface area contributed by atoms with E-state index in [2.05, 4.69) is 30.2 Å². The third kappa shape index (κ3) is 2.14. The average Bonchev–Trinajstić information content (AvgIpc) is 2.92. The second-order valence-corrected chi connectivity index (χ2v) is 6.35. The van der Waals surface area contributed by atoms with Crippen molar-refractivity contribution < 1.29 is 4.79 Å². The molecule has 3 nitrogen and oxygen atoms in total. The maximum atomic E-state index is 12.4. The van der Waals surface area contributed by atoms with Crippen molar-refractivity contribution in [3.63, 3.8) is 0 Å². The summed E-state index contributed by atoms with van der Waals surface area (Å²) in [5.74, 6) is 0.271. The van der Waals surface area contributed by atoms with Crippen LogP contribution >= 0.6 is 11.3 Å². The van der Waals surface area contributed by atoms with E-state index < -0.39 is 0 Å². The fraction of sp³-hybridized carbons (Fsp3) is 0.375. The van der Waals surface area contributed by atoms with Crippen molar-refractivity contribution in [2.75, 3.05) is 5.32 Å². The highest BCUT2D eigenvalue weighted by molar-refractivity contribution is 7.18. The first-order chi connectivity index (χ1) is 9.67. The molecule has 104 valence electrons. The minimum absolute atomic E-state index is 0.0688. The Hall–Kier alpha value is -1.68. The largest absolute Gasteiger partial charge is 0.378 e. The first kappa shape index (κ1) is 13.3. The maximum absolute atomic E-state index is 12.4. The number of fused-ring (bicyclic) bond motifs is 1. The quantitative estimate of drug-likeness (QED) is 0.911. The minimum atomic E-state index is -0.0688. The Kier molecular flexibility index (Phi) is 3.34. The molecule has 0 amide bonds. The van der Waals surface area contributed by atoms with E-state index in [9.17, 15) is 4.79 Å². The molecule has 1 aliphatic rings. The van der Waals surface area contributed by atoms with Crippen LogP contribution in [-0.4, -0.2) is 16.3 Å². The number of ketones is 1. The molecule has 0 spiro atoms. The Morgan fingerprint density at radius 2 is 2.00 bits per heavy atom. The standard InChI is InChI=1S/C16H18N2OS/c1-3-16(4-2)10-13(19)15-12(18-16)9-14(20-15)11-5-7-17-8-6-11/h5-9,18H,3-4,10H2,1-2H3. The molecule has 0 fully saturated rings. The molecule has 0 saturated carbocycles. The lowest BCUT2D eigenvalue weighted by Crippen LogP contribution is -2.42. The van der Waals surface area contributed by atoms with Crippen LogP contribution in [0, 0.1) is 0 Å². The summed E-state index contributed by atoms with van der Waals surface area (Å²) in [7, 11) is 0. The predicted octanol–water partition coefficient (Wildman–Crippen LogP) is 4.37. The van der Waals surface area contributed by atoms with Crippen LogP contribution < -0.4 is 5.32 Å². The number of pyridine rings is 1. The molecule has 0 radical (unpaired) electrons. The van der Waals surface area contributed by atoms with Gasteiger partial charge in [0.25, 0.3) is 0 Å². The third-order valence-electron chi connectivity index (χ3n) is 4.20. The van der Waals surface area contributed by atoms with Crippen molar-refractivity contribution in [3.8, 4) is 10.4 Å². The summed E-state index contributed by atoms with van der Waals surface area (Å²) in [5, 5.41) is 3.60. The summed E-state index contributed by atoms with van der Waals surface area (Å²) in [5.41, 5.74) is 2.05. The smallest absolute Gasteiger partial charge is 0.177 e. The lowest BCUT2D eigenvalue weighted by atomic mass is 9.84. The molecule has 2 aromatic rings. The number of nitrogens with zero attached hydrogens (tertiary/aromatic N) is 1. The molecular formula is C16H18N2OS. The van der Waals surface area contributed by atoms with Crippen molar-refractivity contribution >= 4 is 22.8 Å². The van der Waals surface area contributed by atoms with Gasteiger partial charge < -0.3 is 5.32 Å². The molecule has 0 atom stereocenters. The molecule has 0 unspecified atom stereocenters. The molecule has 0 aliphatic carbocycles. The van der Waals surface area contributed by atoms with Crippen LogP contribution in [0.5, 0.6) is 0 Å². The average molecular weight is 286 g/mol. The van der Waals surface area contributed by atoms with Gasteiger partial charge in [0.1, 0.15) is 0 Å². The number of carbonyl (C=O) groups is 1. The molecule has 0 aromatic carbocycles. The number of carbonyl (C=O) groups excluding carboxylic acids is 1. The van der Waals surface area contributed by atoms with E-state index in [1.165, 1.54) is 0 Å². The number of rotatable bonds is 3. The fourth-order valence-electron chi connectivity index (χ4n) is 2.74. The van der Waals surface area contributed by atoms with Crippen LogP contribution in [0.1, 0.15) is 42.8 Å². The Balaban J connectivity index is 2.02. The van der Waals surface area contributed by atoms with Crippen LogP contribution in [-0.2, 0) is 0 Å². The number of hydrogen-bond donors (Lipinski definition) is 1. The van der Waals surface area contributed by atoms with Gasteiger partial charge in [-0.3, -0.25) is 9.78 Å². The number of aromatic nitrogens is 1. The first-order valence-electron chi connectivity index (χ1n) is 7.03. The maximum Gasteiger partial charge on any atom is 0.177 e. The van der Waals surface area contributed by atoms with Crippen molar-refractivity contribution in [1.82, 2.24) is 4.98 Å². The first-order valence-corrected chi connectivity index (χ1v) is 7.85. The topological polar surface area (TPSA) is 42.0 Å². The zero-order valence-electron chi connectivity index (χ0n) is 11.8. The monoisotopic (exact) mass is 286 g/mol. The van der Waals surface area contributed by atoms with Gasteiger partial charge in [-0.1, -0.05) is 13.8 Å². The summed E-state index contributed by atoms with van der Waals surface area (Å²) in [6, 6.07) is 6.07. The van der Waals surface area contributed by atoms with Crippen molar-refractivity contribution in [2.45, 2.75) is 38.6 Å². The molecule has 1 N–H and O–H groups in total. The zero-order valence-corrected chi connectivity index (χ0v) is 12.6. The number of hydrogen-bond acceptors (Lipinski definition) is 4. The van der Waals surface area contributed by atoms with E-state index in [0.29, 0.717) is 6.42 Å². The van der Waals surface area contributed by atoms with Gasteiger partial charge in [-0.25, -0.2) is 0 Å². The van der Waals surface area contributed by atoms with E-state index in [1.807, 2.05) is 12.1 Å². The second kappa shape index (κ2) is 5.02. The van der Waals surface area contributed by atoms with Crippen LogP contribution in [0.3, 0.4) is 0 Å². The highest BCUT2D eigenvalue weighted by Gasteiger charge is 2.36. The van der Waals surface area contributed by atoms with Crippen LogP contribution in [0.15, 0.2) is 30.6 Å². The molecule has 3 heterocycles. The Bertz CT molecular complexity index is 629. The van der Waals surface area contributed by atoms with Gasteiger partial charge in [0.05, 0.1) is 10.6 Å². The van der Waals surface area contributed by atoms with Crippen LogP contribution in [0.25, 0.3) is 10.4 Å². The van der Waals surface area contributed by atoms with Gasteiger partial charge in [-0.2, -0.15) is 0 Å². The third-order valence-corrected chi connectivity index (χ3v) is 5.43. The number of nitrogens with one attached hydrogen (secondary N) is 1. The minimum Gasteiger partial charge on any atom is -0.378 e. The molecule has 2 aromatic heterocycles. The summed E-state index contributed by atoms with van der Waals surface area (Å²) in [4.78, 5) is 18.5. The lowest BCUT2D eigenvalue weighted by molar-refractivity contribution is 0.0950. The molecule has 1 aliphatic heterocycles. The number of anilines is 1. The van der Waals surface area contributed by atoms with Gasteiger partial charge in [0.15, 0.2) is 5.78 Å². The molecule has 3 rings (SSSR count). The molecule has 0 saturated heterocycles. The SMILES string of the molecule is CCC1(CC)CC(=O)c2sc(-c3ccncc3)cc2N1. The van der Waals surface area contributed by atoms with Gasteiger partial charge in [-0.15, -0.1) is 11.3 Å². The van der Waals surface area contributed by atoms with Crippen molar-refractivity contribution in [1.29, 1.82) is 0 Å². The van der Waals surface area contributed by atoms with E-state index >= 15 is 0 Å². The summed E-state index contributed by atoms with van der Waals surface area (Å²) in [6.07, 6.45) is 6.10. The van der Waals surface area contributed by atoms with Gasteiger partial charge >= 0.3 is 0 Å². The summed E-state index contributed by atoms with van der Waals surface area (Å²) in [6.45, 7) is 4.29. The summed E-state index contributed by atoms with van der Waals surface area (Å²) >= 11 is 1.58. The van der Waals surface area contributed by atoms with Crippen molar-refractivity contribution in [2.24, 2.45) is 0 Å². The summed E-state index contributed by atoms with van der Waals surface area (Å²) < 4.78 is 0. The van der Waals surface area contributed by atoms with E-state index in [1.54, 1.807) is 23.7 Å². The van der Waals surface area contributed by atoms with Gasteiger partial charge in [-0.05, 0) is 36.6 Å². The molecular weight excluding hydrogens is 268 g/mol. The normalized spacial score (nSPS) is 16.6. The van der Waals surface area contributed by atoms with Gasteiger partial charge in [0.2, 0.25) is 0 Å². The predicted molar refractivity (Wildman–Crippen MR) is 83.4 cm³/mol. The van der Waals surface area contributed by atoms with Crippen LogP contribution in [0.2, 0.25) is 0 Å². The van der Waals surface area contributed by atoms with E-state index in [4.69, 9.17) is 0 Å². The highest BCUT2D eigenvalue weighted by atomic mass is 32.1. The zero-order chi connectivity index (χ0) is 14.2. The molecule has 0 bridgehead atoms. The van der Waals surface area contributed by atoms with Gasteiger partial charge in [0, 0.05) is 29.2 Å². The van der Waals surface area contributed by atoms with E-state index in [0.717, 1.165) is 33.8 Å². The fourth-order valence-corrected chi connectivity index (χ4v) is 3.80. The molecule has 20 heavy (non-hydrogen) atoms. The highest BCUT2D eigenvalue weighted by Crippen LogP contribution is 2.42. The molecule has 4 heteroatoms. The Labute approximate surface area is 123 Å². The Morgan fingerprint density at radius 3 is 2.65 bits per heavy atom. The Morgan fingerprint density at radius 1 is 1.30 bits per heavy atom. The number of Topliss-reactive ketones (excluding diaryl/α,β-unsaturated/α-hetero) is 1. The number of thiophene rings is 1. The van der Waals surface area contributed by atoms with E-state index in [-0.39, 0.29) is 11.3 Å². The van der Waals surface area contributed by atoms with Crippen molar-refractivity contribution in [3.05, 3.63) is 35.5 Å². The van der Waals surface area contributed by atoms with Crippen LogP contribution in [0.4, 0.5) is 5.69 Å². The second-order valence-electron chi connectivity index (χ2n) is 5.30.